The second-order valence-electron chi connectivity index (χ2n) is 6.94. The summed E-state index contributed by atoms with van der Waals surface area (Å²) >= 11 is 6.09. The molecule has 24 heavy (non-hydrogen) atoms. The number of aromatic nitrogens is 4. The van der Waals surface area contributed by atoms with Gasteiger partial charge in [-0.2, -0.15) is 0 Å². The SMILES string of the molecule is CC(=O)OC1[C@H](n2cnc3c(Cl)ncnc32)OC2(CC(C)C2)[C@H]1C. The number of esters is 1. The zero-order chi connectivity index (χ0) is 17.1. The summed E-state index contributed by atoms with van der Waals surface area (Å²) in [6.45, 7) is 5.71. The van der Waals surface area contributed by atoms with E-state index in [1.807, 2.05) is 0 Å². The van der Waals surface area contributed by atoms with Gasteiger partial charge in [-0.1, -0.05) is 25.4 Å². The third-order valence-corrected chi connectivity index (χ3v) is 5.51. The molecule has 0 radical (unpaired) electrons. The van der Waals surface area contributed by atoms with Gasteiger partial charge in [0.05, 0.1) is 11.9 Å². The largest absolute Gasteiger partial charge is 0.457 e. The van der Waals surface area contributed by atoms with E-state index in [1.165, 1.54) is 13.3 Å². The molecule has 2 fully saturated rings. The van der Waals surface area contributed by atoms with E-state index in [0.717, 1.165) is 12.8 Å². The summed E-state index contributed by atoms with van der Waals surface area (Å²) in [6, 6.07) is 0. The van der Waals surface area contributed by atoms with E-state index in [9.17, 15) is 4.79 Å². The highest BCUT2D eigenvalue weighted by Gasteiger charge is 2.60. The highest BCUT2D eigenvalue weighted by atomic mass is 35.5. The van der Waals surface area contributed by atoms with Gasteiger partial charge in [-0.3, -0.25) is 9.36 Å². The highest BCUT2D eigenvalue weighted by Crippen LogP contribution is 2.55. The van der Waals surface area contributed by atoms with Crippen LogP contribution in [-0.2, 0) is 14.3 Å². The quantitative estimate of drug-likeness (QED) is 0.612. The third kappa shape index (κ3) is 2.22. The van der Waals surface area contributed by atoms with Gasteiger partial charge in [0.2, 0.25) is 0 Å². The van der Waals surface area contributed by atoms with Crippen LogP contribution < -0.4 is 0 Å². The van der Waals surface area contributed by atoms with Crippen molar-refractivity contribution in [1.29, 1.82) is 0 Å². The minimum absolute atomic E-state index is 0.0948. The van der Waals surface area contributed by atoms with Crippen LogP contribution in [0.4, 0.5) is 0 Å². The number of carbonyl (C=O) groups excluding carboxylic acids is 1. The minimum Gasteiger partial charge on any atom is -0.457 e. The fraction of sp³-hybridized carbons (Fsp3) is 0.625. The molecular weight excluding hydrogens is 332 g/mol. The van der Waals surface area contributed by atoms with Gasteiger partial charge in [0.15, 0.2) is 23.1 Å². The van der Waals surface area contributed by atoms with Crippen LogP contribution in [0.3, 0.4) is 0 Å². The Labute approximate surface area is 144 Å². The smallest absolute Gasteiger partial charge is 0.303 e. The number of carbonyl (C=O) groups is 1. The lowest BCUT2D eigenvalue weighted by molar-refractivity contribution is -0.160. The molecule has 4 rings (SSSR count). The van der Waals surface area contributed by atoms with E-state index < -0.39 is 6.23 Å². The Kier molecular flexibility index (Phi) is 3.54. The molecule has 0 aromatic carbocycles. The van der Waals surface area contributed by atoms with Crippen molar-refractivity contribution >= 4 is 28.7 Å². The molecule has 1 spiro atoms. The Bertz CT molecular complexity index is 802. The molecule has 3 atom stereocenters. The van der Waals surface area contributed by atoms with E-state index in [1.54, 1.807) is 10.9 Å². The van der Waals surface area contributed by atoms with Gasteiger partial charge in [-0.15, -0.1) is 0 Å². The monoisotopic (exact) mass is 350 g/mol. The molecule has 3 heterocycles. The number of hydrogen-bond acceptors (Lipinski definition) is 6. The van der Waals surface area contributed by atoms with Crippen LogP contribution in [0.25, 0.3) is 11.2 Å². The average molecular weight is 351 g/mol. The van der Waals surface area contributed by atoms with Gasteiger partial charge in [0.25, 0.3) is 0 Å². The minimum atomic E-state index is -0.465. The summed E-state index contributed by atoms with van der Waals surface area (Å²) in [6.07, 6.45) is 4.09. The normalized spacial score (nSPS) is 35.3. The number of nitrogens with zero attached hydrogens (tertiary/aromatic N) is 4. The van der Waals surface area contributed by atoms with Crippen molar-refractivity contribution in [3.8, 4) is 0 Å². The fourth-order valence-electron chi connectivity index (χ4n) is 4.13. The van der Waals surface area contributed by atoms with Crippen molar-refractivity contribution in [2.75, 3.05) is 0 Å². The molecule has 8 heteroatoms. The lowest BCUT2D eigenvalue weighted by atomic mass is 9.65. The number of hydrogen-bond donors (Lipinski definition) is 0. The summed E-state index contributed by atoms with van der Waals surface area (Å²) in [7, 11) is 0. The summed E-state index contributed by atoms with van der Waals surface area (Å²) in [5, 5.41) is 0.292. The van der Waals surface area contributed by atoms with Crippen molar-refractivity contribution in [3.63, 3.8) is 0 Å². The maximum Gasteiger partial charge on any atom is 0.303 e. The lowest BCUT2D eigenvalue weighted by Gasteiger charge is -2.46. The summed E-state index contributed by atoms with van der Waals surface area (Å²) in [5.74, 6) is 0.389. The van der Waals surface area contributed by atoms with Gasteiger partial charge >= 0.3 is 5.97 Å². The second kappa shape index (κ2) is 5.39. The first kappa shape index (κ1) is 15.8. The topological polar surface area (TPSA) is 79.1 Å². The molecule has 1 saturated heterocycles. The Hall–Kier alpha value is -1.73. The summed E-state index contributed by atoms with van der Waals surface area (Å²) in [5.41, 5.74) is 0.839. The van der Waals surface area contributed by atoms with Gasteiger partial charge in [0, 0.05) is 12.8 Å². The predicted octanol–water partition coefficient (Wildman–Crippen LogP) is 2.75. The summed E-state index contributed by atoms with van der Waals surface area (Å²) < 4.78 is 13.8. The third-order valence-electron chi connectivity index (χ3n) is 5.24. The maximum atomic E-state index is 11.6. The van der Waals surface area contributed by atoms with Crippen LogP contribution in [0.1, 0.15) is 39.8 Å². The van der Waals surface area contributed by atoms with Crippen molar-refractivity contribution in [3.05, 3.63) is 17.8 Å². The molecule has 128 valence electrons. The number of imidazole rings is 1. The van der Waals surface area contributed by atoms with E-state index in [4.69, 9.17) is 21.1 Å². The maximum absolute atomic E-state index is 11.6. The Morgan fingerprint density at radius 1 is 1.38 bits per heavy atom. The first-order valence-electron chi connectivity index (χ1n) is 8.09. The van der Waals surface area contributed by atoms with E-state index in [-0.39, 0.29) is 23.6 Å². The zero-order valence-corrected chi connectivity index (χ0v) is 14.5. The molecule has 2 aromatic heterocycles. The van der Waals surface area contributed by atoms with Crippen LogP contribution in [0.2, 0.25) is 5.15 Å². The molecule has 0 amide bonds. The first-order chi connectivity index (χ1) is 11.4. The summed E-state index contributed by atoms with van der Waals surface area (Å²) in [4.78, 5) is 24.1. The number of halogens is 1. The van der Waals surface area contributed by atoms with Gasteiger partial charge in [-0.05, 0) is 18.8 Å². The molecule has 0 N–H and O–H groups in total. The second-order valence-corrected chi connectivity index (χ2v) is 7.30. The van der Waals surface area contributed by atoms with Crippen LogP contribution in [-0.4, -0.2) is 37.2 Å². The van der Waals surface area contributed by atoms with Crippen LogP contribution >= 0.6 is 11.6 Å². The van der Waals surface area contributed by atoms with Crippen molar-refractivity contribution in [2.45, 2.75) is 51.5 Å². The molecule has 0 bridgehead atoms. The molecule has 1 aliphatic heterocycles. The van der Waals surface area contributed by atoms with E-state index in [0.29, 0.717) is 22.2 Å². The first-order valence-corrected chi connectivity index (χ1v) is 8.47. The zero-order valence-electron chi connectivity index (χ0n) is 13.8. The van der Waals surface area contributed by atoms with Crippen LogP contribution in [0.5, 0.6) is 0 Å². The Balaban J connectivity index is 1.76. The fourth-order valence-corrected chi connectivity index (χ4v) is 4.30. The van der Waals surface area contributed by atoms with Crippen LogP contribution in [0, 0.1) is 11.8 Å². The van der Waals surface area contributed by atoms with Crippen LogP contribution in [0.15, 0.2) is 12.7 Å². The number of fused-ring (bicyclic) bond motifs is 1. The predicted molar refractivity (Wildman–Crippen MR) is 86.3 cm³/mol. The van der Waals surface area contributed by atoms with Crippen molar-refractivity contribution in [1.82, 2.24) is 19.5 Å². The van der Waals surface area contributed by atoms with E-state index in [2.05, 4.69) is 28.8 Å². The highest BCUT2D eigenvalue weighted by molar-refractivity contribution is 6.33. The molecular formula is C16H19ClN4O3. The molecule has 7 nitrogen and oxygen atoms in total. The van der Waals surface area contributed by atoms with Gasteiger partial charge in [0.1, 0.15) is 11.8 Å². The Morgan fingerprint density at radius 3 is 2.79 bits per heavy atom. The molecule has 2 aliphatic rings. The molecule has 1 saturated carbocycles. The Morgan fingerprint density at radius 2 is 2.12 bits per heavy atom. The standard InChI is InChI=1S/C16H19ClN4O3/c1-8-4-16(5-8)9(2)12(23-10(3)22)15(24-16)21-7-20-11-13(17)18-6-19-14(11)21/h6-9,12,15H,4-5H2,1-3H3/t8?,9-,12?,15+,16?/m0/s1. The number of rotatable bonds is 2. The molecule has 1 unspecified atom stereocenters. The number of ether oxygens (including phenoxy) is 2. The van der Waals surface area contributed by atoms with Gasteiger partial charge < -0.3 is 9.47 Å². The van der Waals surface area contributed by atoms with Crippen molar-refractivity contribution in [2.24, 2.45) is 11.8 Å². The van der Waals surface area contributed by atoms with Crippen molar-refractivity contribution < 1.29 is 14.3 Å². The lowest BCUT2D eigenvalue weighted by Crippen LogP contribution is -2.48. The molecule has 2 aromatic rings. The van der Waals surface area contributed by atoms with Gasteiger partial charge in [-0.25, -0.2) is 15.0 Å². The average Bonchev–Trinajstić information content (AvgIpc) is 3.02. The molecule has 1 aliphatic carbocycles. The van der Waals surface area contributed by atoms with E-state index >= 15 is 0 Å².